The summed E-state index contributed by atoms with van der Waals surface area (Å²) in [5.41, 5.74) is 4.31. The molecule has 3 aromatic carbocycles. The minimum Gasteiger partial charge on any atom is -0.478 e. The van der Waals surface area contributed by atoms with Crippen molar-refractivity contribution in [2.45, 2.75) is 24.2 Å². The highest BCUT2D eigenvalue weighted by atomic mass is 32.2. The Hall–Kier alpha value is -2.96. The zero-order chi connectivity index (χ0) is 21.8. The summed E-state index contributed by atoms with van der Waals surface area (Å²) < 4.78 is 1.07. The highest BCUT2D eigenvalue weighted by Gasteiger charge is 2.11. The Labute approximate surface area is 189 Å². The molecule has 4 nitrogen and oxygen atoms in total. The molecule has 31 heavy (non-hydrogen) atoms. The molecule has 6 heteroatoms. The van der Waals surface area contributed by atoms with Gasteiger partial charge in [0.05, 0.1) is 22.2 Å². The number of benzene rings is 3. The Kier molecular flexibility index (Phi) is 6.49. The quantitative estimate of drug-likeness (QED) is 0.329. The Balaban J connectivity index is 1.43. The van der Waals surface area contributed by atoms with Gasteiger partial charge in [-0.2, -0.15) is 0 Å². The number of aromatic nitrogens is 1. The van der Waals surface area contributed by atoms with Crippen molar-refractivity contribution in [3.8, 4) is 11.1 Å². The van der Waals surface area contributed by atoms with Gasteiger partial charge >= 0.3 is 5.97 Å². The van der Waals surface area contributed by atoms with Gasteiger partial charge in [0.1, 0.15) is 10.8 Å². The summed E-state index contributed by atoms with van der Waals surface area (Å²) in [5.74, 6) is -0.852. The lowest BCUT2D eigenvalue weighted by atomic mass is 10.0. The van der Waals surface area contributed by atoms with E-state index in [-0.39, 0.29) is 11.3 Å². The number of carboxylic acids is 1. The maximum atomic E-state index is 12.5. The first-order valence-corrected chi connectivity index (χ1v) is 11.9. The highest BCUT2D eigenvalue weighted by Crippen LogP contribution is 2.29. The fourth-order valence-electron chi connectivity index (χ4n) is 3.41. The predicted molar refractivity (Wildman–Crippen MR) is 127 cm³/mol. The van der Waals surface area contributed by atoms with Crippen molar-refractivity contribution in [1.82, 2.24) is 4.98 Å². The summed E-state index contributed by atoms with van der Waals surface area (Å²) >= 11 is 3.28. The van der Waals surface area contributed by atoms with E-state index in [0.717, 1.165) is 31.9 Å². The Morgan fingerprint density at radius 2 is 1.77 bits per heavy atom. The van der Waals surface area contributed by atoms with Crippen LogP contribution in [-0.2, 0) is 17.6 Å². The highest BCUT2D eigenvalue weighted by molar-refractivity contribution is 7.98. The van der Waals surface area contributed by atoms with Gasteiger partial charge in [-0.3, -0.25) is 4.79 Å². The largest absolute Gasteiger partial charge is 0.478 e. The summed E-state index contributed by atoms with van der Waals surface area (Å²) in [4.78, 5) is 29.4. The van der Waals surface area contributed by atoms with E-state index in [1.807, 2.05) is 12.1 Å². The summed E-state index contributed by atoms with van der Waals surface area (Å²) in [6.07, 6.45) is 3.26. The van der Waals surface area contributed by atoms with Crippen molar-refractivity contribution < 1.29 is 14.7 Å². The monoisotopic (exact) mass is 447 g/mol. The second kappa shape index (κ2) is 9.45. The van der Waals surface area contributed by atoms with Crippen molar-refractivity contribution >= 4 is 45.1 Å². The number of thioether (sulfide) groups is 1. The van der Waals surface area contributed by atoms with Crippen LogP contribution >= 0.6 is 23.1 Å². The zero-order valence-electron chi connectivity index (χ0n) is 17.0. The number of thiazole rings is 1. The van der Waals surface area contributed by atoms with E-state index in [1.54, 1.807) is 41.3 Å². The first-order chi connectivity index (χ1) is 15.0. The molecule has 0 fully saturated rings. The van der Waals surface area contributed by atoms with Gasteiger partial charge in [-0.15, -0.1) is 23.1 Å². The van der Waals surface area contributed by atoms with Crippen molar-refractivity contribution in [2.24, 2.45) is 0 Å². The fourth-order valence-corrected chi connectivity index (χ4v) is 4.86. The third-order valence-corrected chi connectivity index (χ3v) is 6.83. The van der Waals surface area contributed by atoms with Gasteiger partial charge in [0, 0.05) is 11.3 Å². The van der Waals surface area contributed by atoms with E-state index < -0.39 is 5.97 Å². The number of nitrogens with zero attached hydrogens (tertiary/aromatic N) is 1. The van der Waals surface area contributed by atoms with Crippen LogP contribution in [0.2, 0.25) is 0 Å². The van der Waals surface area contributed by atoms with Crippen LogP contribution in [-0.4, -0.2) is 28.1 Å². The average molecular weight is 448 g/mol. The van der Waals surface area contributed by atoms with E-state index in [0.29, 0.717) is 19.3 Å². The summed E-state index contributed by atoms with van der Waals surface area (Å²) in [5, 5.41) is 9.91. The molecule has 0 bridgehead atoms. The van der Waals surface area contributed by atoms with Gasteiger partial charge in [0.2, 0.25) is 0 Å². The molecule has 1 N–H and O–H groups in total. The molecule has 0 aliphatic rings. The fraction of sp³-hybridized carbons (Fsp3) is 0.160. The minimum absolute atomic E-state index is 0.104. The number of rotatable bonds is 8. The lowest BCUT2D eigenvalue weighted by Gasteiger charge is -2.02. The molecule has 4 aromatic rings. The van der Waals surface area contributed by atoms with Crippen LogP contribution in [0, 0.1) is 0 Å². The van der Waals surface area contributed by atoms with Crippen LogP contribution in [0.5, 0.6) is 0 Å². The van der Waals surface area contributed by atoms with Crippen LogP contribution < -0.4 is 0 Å². The first kappa shape index (κ1) is 21.3. The van der Waals surface area contributed by atoms with Gasteiger partial charge in [-0.25, -0.2) is 9.78 Å². The maximum absolute atomic E-state index is 12.5. The third kappa shape index (κ3) is 5.21. The number of aromatic carboxylic acids is 1. The molecular formula is C25H21NO3S2. The molecule has 0 spiro atoms. The average Bonchev–Trinajstić information content (AvgIpc) is 3.19. The summed E-state index contributed by atoms with van der Waals surface area (Å²) in [6.45, 7) is 0. The molecule has 1 heterocycles. The molecule has 0 aliphatic heterocycles. The normalized spacial score (nSPS) is 11.0. The molecule has 0 atom stereocenters. The van der Waals surface area contributed by atoms with Crippen LogP contribution in [0.1, 0.15) is 27.3 Å². The maximum Gasteiger partial charge on any atom is 0.335 e. The van der Waals surface area contributed by atoms with Crippen LogP contribution in [0.3, 0.4) is 0 Å². The van der Waals surface area contributed by atoms with E-state index in [1.165, 1.54) is 4.90 Å². The molecule has 0 saturated heterocycles. The Bertz CT molecular complexity index is 1250. The Morgan fingerprint density at radius 1 is 1.00 bits per heavy atom. The second-order valence-electron chi connectivity index (χ2n) is 7.24. The number of carbonyl (C=O) groups excluding carboxylic acids is 1. The number of hydrogen-bond donors (Lipinski definition) is 1. The molecule has 0 amide bonds. The van der Waals surface area contributed by atoms with Gasteiger partial charge in [0.25, 0.3) is 0 Å². The van der Waals surface area contributed by atoms with Crippen molar-refractivity contribution in [2.75, 3.05) is 6.26 Å². The van der Waals surface area contributed by atoms with Gasteiger partial charge in [0.15, 0.2) is 0 Å². The standard InChI is InChI=1S/C25H21NO3S2/c1-30-21-10-6-17(7-11-21)18-8-12-22-23(14-18)31-24(26-22)15-20(27)9-5-16-3-2-4-19(13-16)25(28)29/h2-4,6-8,10-14H,5,9,15H2,1H3,(H,28,29). The number of Topliss-reactive ketones (excluding diaryl/α,β-unsaturated/α-hetero) is 1. The van der Waals surface area contributed by atoms with E-state index in [4.69, 9.17) is 5.11 Å². The second-order valence-corrected chi connectivity index (χ2v) is 9.23. The van der Waals surface area contributed by atoms with Gasteiger partial charge in [-0.1, -0.05) is 30.3 Å². The molecule has 1 aromatic heterocycles. The van der Waals surface area contributed by atoms with E-state index >= 15 is 0 Å². The number of ketones is 1. The zero-order valence-corrected chi connectivity index (χ0v) is 18.6. The van der Waals surface area contributed by atoms with E-state index in [2.05, 4.69) is 47.6 Å². The minimum atomic E-state index is -0.956. The van der Waals surface area contributed by atoms with Crippen molar-refractivity contribution in [3.05, 3.63) is 82.9 Å². The van der Waals surface area contributed by atoms with Crippen LogP contribution in [0.15, 0.2) is 71.6 Å². The van der Waals surface area contributed by atoms with Crippen molar-refractivity contribution in [1.29, 1.82) is 0 Å². The van der Waals surface area contributed by atoms with Crippen molar-refractivity contribution in [3.63, 3.8) is 0 Å². The SMILES string of the molecule is CSc1ccc(-c2ccc3nc(CC(=O)CCc4cccc(C(=O)O)c4)sc3c2)cc1. The van der Waals surface area contributed by atoms with Gasteiger partial charge in [-0.05, 0) is 65.8 Å². The first-order valence-electron chi connectivity index (χ1n) is 9.89. The number of aryl methyl sites for hydroxylation is 1. The third-order valence-electron chi connectivity index (χ3n) is 5.07. The number of fused-ring (bicyclic) bond motifs is 1. The molecule has 0 radical (unpaired) electrons. The molecular weight excluding hydrogens is 426 g/mol. The predicted octanol–water partition coefficient (Wildman–Crippen LogP) is 6.13. The molecule has 0 saturated carbocycles. The summed E-state index contributed by atoms with van der Waals surface area (Å²) in [7, 11) is 0. The van der Waals surface area contributed by atoms with Crippen LogP contribution in [0.25, 0.3) is 21.3 Å². The molecule has 156 valence electrons. The lowest BCUT2D eigenvalue weighted by molar-refractivity contribution is -0.118. The van der Waals surface area contributed by atoms with E-state index in [9.17, 15) is 9.59 Å². The topological polar surface area (TPSA) is 67.3 Å². The number of hydrogen-bond acceptors (Lipinski definition) is 5. The Morgan fingerprint density at radius 3 is 2.52 bits per heavy atom. The number of carboxylic acid groups (broad SMARTS) is 1. The molecule has 0 unspecified atom stereocenters. The van der Waals surface area contributed by atoms with Gasteiger partial charge < -0.3 is 5.11 Å². The molecule has 0 aliphatic carbocycles. The number of carbonyl (C=O) groups is 2. The van der Waals surface area contributed by atoms with Crippen LogP contribution in [0.4, 0.5) is 0 Å². The molecule has 4 rings (SSSR count). The lowest BCUT2D eigenvalue weighted by Crippen LogP contribution is -2.05. The smallest absolute Gasteiger partial charge is 0.335 e. The summed E-state index contributed by atoms with van der Waals surface area (Å²) in [6, 6.07) is 21.4.